The number of alkyl halides is 3. The fourth-order valence-corrected chi connectivity index (χ4v) is 4.59. The van der Waals surface area contributed by atoms with Crippen LogP contribution < -0.4 is 4.90 Å². The van der Waals surface area contributed by atoms with Crippen LogP contribution in [-0.2, 0) is 27.1 Å². The molecule has 2 aliphatic rings. The molecule has 3 amide bonds. The second-order valence-corrected chi connectivity index (χ2v) is 8.89. The van der Waals surface area contributed by atoms with Crippen molar-refractivity contribution < 1.29 is 36.5 Å². The summed E-state index contributed by atoms with van der Waals surface area (Å²) in [6.45, 7) is 0.441. The van der Waals surface area contributed by atoms with Crippen LogP contribution in [0.1, 0.15) is 18.1 Å². The van der Waals surface area contributed by atoms with Gasteiger partial charge < -0.3 is 14.3 Å². The van der Waals surface area contributed by atoms with Gasteiger partial charge in [0.15, 0.2) is 5.54 Å². The Bertz CT molecular complexity index is 1370. The predicted octanol–water partition coefficient (Wildman–Crippen LogP) is 2.87. The molecule has 9 nitrogen and oxygen atoms in total. The van der Waals surface area contributed by atoms with Crippen molar-refractivity contribution in [2.24, 2.45) is 0 Å². The zero-order valence-corrected chi connectivity index (χ0v) is 19.3. The summed E-state index contributed by atoms with van der Waals surface area (Å²) in [7, 11) is 0. The van der Waals surface area contributed by atoms with Gasteiger partial charge in [-0.15, -0.1) is 0 Å². The molecule has 13 heteroatoms. The smallest absolute Gasteiger partial charge is 0.342 e. The molecule has 3 heterocycles. The number of rotatable bonds is 4. The van der Waals surface area contributed by atoms with Crippen LogP contribution in [-0.4, -0.2) is 62.8 Å². The third-order valence-electron chi connectivity index (χ3n) is 6.58. The Morgan fingerprint density at radius 3 is 2.38 bits per heavy atom. The van der Waals surface area contributed by atoms with Crippen molar-refractivity contribution in [3.05, 3.63) is 65.8 Å². The Kier molecular flexibility index (Phi) is 5.72. The lowest BCUT2D eigenvalue weighted by atomic mass is 9.83. The molecule has 0 radical (unpaired) electrons. The number of carbonyl (C=O) groups excluding carboxylic acids is 3. The van der Waals surface area contributed by atoms with Gasteiger partial charge in [0, 0.05) is 19.0 Å². The van der Waals surface area contributed by atoms with Gasteiger partial charge in [-0.1, -0.05) is 17.3 Å². The first kappa shape index (κ1) is 24.4. The molecule has 37 heavy (non-hydrogen) atoms. The van der Waals surface area contributed by atoms with Gasteiger partial charge in [-0.3, -0.25) is 19.3 Å². The van der Waals surface area contributed by atoms with E-state index in [1.54, 1.807) is 0 Å². The first-order chi connectivity index (χ1) is 17.5. The number of nitrogens with zero attached hydrogens (tertiary/aromatic N) is 5. The van der Waals surface area contributed by atoms with Gasteiger partial charge in [0.25, 0.3) is 5.91 Å². The second kappa shape index (κ2) is 8.68. The van der Waals surface area contributed by atoms with E-state index >= 15 is 4.39 Å². The Labute approximate surface area is 207 Å². The number of piperazine rings is 1. The molecule has 5 rings (SSSR count). The van der Waals surface area contributed by atoms with E-state index in [0.717, 1.165) is 29.5 Å². The van der Waals surface area contributed by atoms with E-state index in [4.69, 9.17) is 0 Å². The molecular formula is C24H19F4N5O4. The molecule has 2 fully saturated rings. The zero-order valence-electron chi connectivity index (χ0n) is 19.3. The number of hydrogen-bond donors (Lipinski definition) is 0. The molecule has 2 aliphatic heterocycles. The summed E-state index contributed by atoms with van der Waals surface area (Å²) in [5.74, 6) is -2.10. The van der Waals surface area contributed by atoms with Crippen LogP contribution >= 0.6 is 0 Å². The summed E-state index contributed by atoms with van der Waals surface area (Å²) in [6, 6.07) is 8.18. The maximum absolute atomic E-state index is 15.1. The van der Waals surface area contributed by atoms with E-state index in [1.807, 2.05) is 0 Å². The van der Waals surface area contributed by atoms with Crippen LogP contribution in [0.25, 0.3) is 11.4 Å². The minimum Gasteiger partial charge on any atom is -0.342 e. The van der Waals surface area contributed by atoms with Crippen LogP contribution in [0.15, 0.2) is 53.4 Å². The molecule has 2 saturated heterocycles. The van der Waals surface area contributed by atoms with Crippen molar-refractivity contribution >= 4 is 23.4 Å². The van der Waals surface area contributed by atoms with Gasteiger partial charge >= 0.3 is 6.18 Å². The summed E-state index contributed by atoms with van der Waals surface area (Å²) in [4.78, 5) is 46.4. The summed E-state index contributed by atoms with van der Waals surface area (Å²) < 4.78 is 58.6. The second-order valence-electron chi connectivity index (χ2n) is 8.89. The average Bonchev–Trinajstić information content (AvgIpc) is 3.35. The van der Waals surface area contributed by atoms with Crippen molar-refractivity contribution in [3.8, 4) is 11.4 Å². The monoisotopic (exact) mass is 517 g/mol. The van der Waals surface area contributed by atoms with Crippen LogP contribution in [0.2, 0.25) is 0 Å². The number of likely N-dealkylation sites (tertiary alicyclic amines) is 1. The molecule has 192 valence electrons. The first-order valence-electron chi connectivity index (χ1n) is 11.1. The molecule has 0 unspecified atom stereocenters. The molecule has 0 bridgehead atoms. The Hall–Kier alpha value is -4.29. The van der Waals surface area contributed by atoms with Gasteiger partial charge in [0.05, 0.1) is 24.3 Å². The highest BCUT2D eigenvalue weighted by Crippen LogP contribution is 2.38. The first-order valence-corrected chi connectivity index (χ1v) is 11.1. The standard InChI is InChI=1S/C24H19F4N5O4/c1-14(34)31-11-23(12-31)22(36)32(19-7-4-16(8-18(19)25)21-29-13-37-30-21)10-20(35)33(23)9-15-2-5-17(6-3-15)24(26,27)28/h2-8,13H,9-12H2,1H3. The molecule has 1 aromatic heterocycles. The molecule has 0 saturated carbocycles. The predicted molar refractivity (Wildman–Crippen MR) is 119 cm³/mol. The highest BCUT2D eigenvalue weighted by atomic mass is 19.4. The number of amides is 3. The summed E-state index contributed by atoms with van der Waals surface area (Å²) in [5, 5.41) is 3.64. The SMILES string of the molecule is CC(=O)N1CC2(C1)C(=O)N(c1ccc(-c3ncon3)cc1F)CC(=O)N2Cc1ccc(C(F)(F)F)cc1. The van der Waals surface area contributed by atoms with Crippen molar-refractivity contribution in [1.82, 2.24) is 19.9 Å². The topological polar surface area (TPSA) is 99.9 Å². The molecule has 2 aromatic carbocycles. The van der Waals surface area contributed by atoms with Crippen molar-refractivity contribution in [1.29, 1.82) is 0 Å². The maximum Gasteiger partial charge on any atom is 0.416 e. The van der Waals surface area contributed by atoms with Gasteiger partial charge in [-0.25, -0.2) is 4.39 Å². The molecular weight excluding hydrogens is 498 g/mol. The highest BCUT2D eigenvalue weighted by molar-refractivity contribution is 6.10. The Morgan fingerprint density at radius 1 is 1.11 bits per heavy atom. The van der Waals surface area contributed by atoms with Crippen molar-refractivity contribution in [2.75, 3.05) is 24.5 Å². The molecule has 3 aromatic rings. The van der Waals surface area contributed by atoms with Gasteiger partial charge in [0.1, 0.15) is 12.4 Å². The summed E-state index contributed by atoms with van der Waals surface area (Å²) >= 11 is 0. The minimum absolute atomic E-state index is 0.118. The fraction of sp³-hybridized carbons (Fsp3) is 0.292. The number of hydrogen-bond acceptors (Lipinski definition) is 6. The van der Waals surface area contributed by atoms with Gasteiger partial charge in [-0.2, -0.15) is 18.2 Å². The quantitative estimate of drug-likeness (QED) is 0.494. The Morgan fingerprint density at radius 2 is 1.81 bits per heavy atom. The summed E-state index contributed by atoms with van der Waals surface area (Å²) in [6.07, 6.45) is -3.43. The minimum atomic E-state index is -4.52. The average molecular weight is 517 g/mol. The number of carbonyl (C=O) groups is 3. The Balaban J connectivity index is 1.46. The largest absolute Gasteiger partial charge is 0.416 e. The number of halogens is 4. The molecule has 1 spiro atoms. The van der Waals surface area contributed by atoms with E-state index < -0.39 is 41.5 Å². The number of benzene rings is 2. The lowest BCUT2D eigenvalue weighted by Crippen LogP contribution is -2.81. The van der Waals surface area contributed by atoms with Gasteiger partial charge in [-0.05, 0) is 35.9 Å². The normalized spacial score (nSPS) is 17.4. The maximum atomic E-state index is 15.1. The van der Waals surface area contributed by atoms with Crippen LogP contribution in [0.5, 0.6) is 0 Å². The molecule has 0 atom stereocenters. The fourth-order valence-electron chi connectivity index (χ4n) is 4.59. The number of anilines is 1. The molecule has 0 aliphatic carbocycles. The summed E-state index contributed by atoms with van der Waals surface area (Å²) in [5.41, 5.74) is -1.79. The third kappa shape index (κ3) is 4.19. The zero-order chi connectivity index (χ0) is 26.5. The van der Waals surface area contributed by atoms with Crippen LogP contribution in [0, 0.1) is 5.82 Å². The van der Waals surface area contributed by atoms with Crippen LogP contribution in [0.3, 0.4) is 0 Å². The van der Waals surface area contributed by atoms with E-state index in [-0.39, 0.29) is 37.1 Å². The van der Waals surface area contributed by atoms with E-state index in [9.17, 15) is 27.6 Å². The third-order valence-corrected chi connectivity index (χ3v) is 6.58. The van der Waals surface area contributed by atoms with Crippen LogP contribution in [0.4, 0.5) is 23.2 Å². The van der Waals surface area contributed by atoms with Crippen molar-refractivity contribution in [3.63, 3.8) is 0 Å². The molecule has 0 N–H and O–H groups in total. The highest BCUT2D eigenvalue weighted by Gasteiger charge is 2.60. The van der Waals surface area contributed by atoms with E-state index in [0.29, 0.717) is 11.1 Å². The lowest BCUT2D eigenvalue weighted by molar-refractivity contribution is -0.169. The lowest BCUT2D eigenvalue weighted by Gasteiger charge is -2.57. The number of aromatic nitrogens is 2. The van der Waals surface area contributed by atoms with Gasteiger partial charge in [0.2, 0.25) is 24.0 Å². The van der Waals surface area contributed by atoms with E-state index in [2.05, 4.69) is 14.7 Å². The van der Waals surface area contributed by atoms with Crippen molar-refractivity contribution in [2.45, 2.75) is 25.2 Å². The van der Waals surface area contributed by atoms with E-state index in [1.165, 1.54) is 41.0 Å².